The van der Waals surface area contributed by atoms with Gasteiger partial charge in [0.15, 0.2) is 6.10 Å². The number of nitrogens with one attached hydrogen (secondary N) is 2. The van der Waals surface area contributed by atoms with E-state index >= 15 is 0 Å². The van der Waals surface area contributed by atoms with Crippen LogP contribution in [-0.4, -0.2) is 25.1 Å². The van der Waals surface area contributed by atoms with Gasteiger partial charge in [0.2, 0.25) is 0 Å². The average Bonchev–Trinajstić information content (AvgIpc) is 2.46. The van der Waals surface area contributed by atoms with Crippen LogP contribution in [0, 0.1) is 0 Å². The van der Waals surface area contributed by atoms with E-state index in [0.29, 0.717) is 11.8 Å². The summed E-state index contributed by atoms with van der Waals surface area (Å²) in [5, 5.41) is 5.32. The molecule has 0 fully saturated rings. The van der Waals surface area contributed by atoms with Gasteiger partial charge in [-0.1, -0.05) is 12.1 Å². The first-order valence-electron chi connectivity index (χ1n) is 7.09. The van der Waals surface area contributed by atoms with Crippen LogP contribution < -0.4 is 21.1 Å². The van der Waals surface area contributed by atoms with E-state index in [1.807, 2.05) is 24.5 Å². The Morgan fingerprint density at radius 2 is 2.19 bits per heavy atom. The number of urea groups is 1. The SMILES string of the molecule is CNC1CCCc2c(OC(C)C(=O)NC(N)=O)cccc21. The fourth-order valence-electron chi connectivity index (χ4n) is 2.69. The minimum atomic E-state index is -0.874. The number of benzene rings is 1. The zero-order valence-electron chi connectivity index (χ0n) is 12.3. The zero-order valence-corrected chi connectivity index (χ0v) is 12.3. The molecule has 114 valence electrons. The zero-order chi connectivity index (χ0) is 15.4. The lowest BCUT2D eigenvalue weighted by molar-refractivity contribution is -0.126. The highest BCUT2D eigenvalue weighted by Crippen LogP contribution is 2.35. The maximum atomic E-state index is 11.7. The molecule has 6 nitrogen and oxygen atoms in total. The van der Waals surface area contributed by atoms with Crippen molar-refractivity contribution in [2.24, 2.45) is 5.73 Å². The Kier molecular flexibility index (Phi) is 4.80. The number of fused-ring (bicyclic) bond motifs is 1. The van der Waals surface area contributed by atoms with E-state index in [1.165, 1.54) is 5.56 Å². The van der Waals surface area contributed by atoms with Gasteiger partial charge >= 0.3 is 6.03 Å². The molecule has 2 rings (SSSR count). The second kappa shape index (κ2) is 6.58. The number of primary amides is 1. The molecule has 0 aromatic heterocycles. The van der Waals surface area contributed by atoms with Gasteiger partial charge in [0, 0.05) is 6.04 Å². The van der Waals surface area contributed by atoms with Gasteiger partial charge in [-0.15, -0.1) is 0 Å². The average molecular weight is 291 g/mol. The summed E-state index contributed by atoms with van der Waals surface area (Å²) in [4.78, 5) is 22.4. The van der Waals surface area contributed by atoms with Gasteiger partial charge in [-0.25, -0.2) is 4.79 Å². The molecule has 2 atom stereocenters. The fraction of sp³-hybridized carbons (Fsp3) is 0.467. The van der Waals surface area contributed by atoms with Gasteiger partial charge in [-0.05, 0) is 50.4 Å². The third-order valence-corrected chi connectivity index (χ3v) is 3.73. The van der Waals surface area contributed by atoms with Crippen LogP contribution in [-0.2, 0) is 11.2 Å². The fourth-order valence-corrected chi connectivity index (χ4v) is 2.69. The number of imide groups is 1. The van der Waals surface area contributed by atoms with Gasteiger partial charge in [0.25, 0.3) is 5.91 Å². The highest BCUT2D eigenvalue weighted by Gasteiger charge is 2.23. The van der Waals surface area contributed by atoms with Crippen molar-refractivity contribution in [2.45, 2.75) is 38.3 Å². The molecular weight excluding hydrogens is 270 g/mol. The van der Waals surface area contributed by atoms with E-state index in [0.717, 1.165) is 24.8 Å². The predicted octanol–water partition coefficient (Wildman–Crippen LogP) is 1.25. The van der Waals surface area contributed by atoms with Crippen molar-refractivity contribution in [3.05, 3.63) is 29.3 Å². The molecule has 0 spiro atoms. The Morgan fingerprint density at radius 1 is 1.43 bits per heavy atom. The number of carbonyl (C=O) groups is 2. The Labute approximate surface area is 124 Å². The van der Waals surface area contributed by atoms with Crippen LogP contribution in [0.2, 0.25) is 0 Å². The van der Waals surface area contributed by atoms with Crippen molar-refractivity contribution >= 4 is 11.9 Å². The molecule has 21 heavy (non-hydrogen) atoms. The molecule has 0 saturated carbocycles. The topological polar surface area (TPSA) is 93.4 Å². The van der Waals surface area contributed by atoms with Crippen molar-refractivity contribution in [1.29, 1.82) is 0 Å². The summed E-state index contributed by atoms with van der Waals surface area (Å²) in [5.74, 6) is 0.153. The van der Waals surface area contributed by atoms with Crippen molar-refractivity contribution < 1.29 is 14.3 Å². The lowest BCUT2D eigenvalue weighted by atomic mass is 9.87. The number of nitrogens with two attached hydrogens (primary N) is 1. The summed E-state index contributed by atoms with van der Waals surface area (Å²) in [6.45, 7) is 1.59. The molecule has 3 amide bonds. The van der Waals surface area contributed by atoms with E-state index in [1.54, 1.807) is 6.92 Å². The summed E-state index contributed by atoms with van der Waals surface area (Å²) in [5.41, 5.74) is 7.28. The quantitative estimate of drug-likeness (QED) is 0.778. The Balaban J connectivity index is 2.18. The number of ether oxygens (including phenoxy) is 1. The second-order valence-electron chi connectivity index (χ2n) is 5.17. The van der Waals surface area contributed by atoms with Crippen molar-refractivity contribution in [3.8, 4) is 5.75 Å². The summed E-state index contributed by atoms with van der Waals surface area (Å²) in [6.07, 6.45) is 2.30. The van der Waals surface area contributed by atoms with Gasteiger partial charge in [-0.2, -0.15) is 0 Å². The highest BCUT2D eigenvalue weighted by molar-refractivity contribution is 5.95. The van der Waals surface area contributed by atoms with Crippen LogP contribution in [0.25, 0.3) is 0 Å². The first kappa shape index (κ1) is 15.3. The normalized spacial score (nSPS) is 18.5. The van der Waals surface area contributed by atoms with Gasteiger partial charge in [0.1, 0.15) is 5.75 Å². The van der Waals surface area contributed by atoms with E-state index in [9.17, 15) is 9.59 Å². The molecule has 4 N–H and O–H groups in total. The third kappa shape index (κ3) is 3.52. The molecule has 1 aliphatic rings. The number of hydrogen-bond acceptors (Lipinski definition) is 4. The van der Waals surface area contributed by atoms with E-state index < -0.39 is 18.0 Å². The monoisotopic (exact) mass is 291 g/mol. The second-order valence-corrected chi connectivity index (χ2v) is 5.17. The lowest BCUT2D eigenvalue weighted by Crippen LogP contribution is -2.42. The molecule has 0 aliphatic heterocycles. The third-order valence-electron chi connectivity index (χ3n) is 3.73. The number of hydrogen-bond donors (Lipinski definition) is 3. The predicted molar refractivity (Wildman–Crippen MR) is 79.0 cm³/mol. The summed E-state index contributed by atoms with van der Waals surface area (Å²) < 4.78 is 5.72. The smallest absolute Gasteiger partial charge is 0.318 e. The van der Waals surface area contributed by atoms with Crippen molar-refractivity contribution in [2.75, 3.05) is 7.05 Å². The first-order chi connectivity index (χ1) is 10.0. The van der Waals surface area contributed by atoms with E-state index in [4.69, 9.17) is 10.5 Å². The molecule has 0 saturated heterocycles. The maximum absolute atomic E-state index is 11.7. The van der Waals surface area contributed by atoms with Crippen LogP contribution in [0.15, 0.2) is 18.2 Å². The lowest BCUT2D eigenvalue weighted by Gasteiger charge is -2.27. The van der Waals surface area contributed by atoms with Crippen molar-refractivity contribution in [1.82, 2.24) is 10.6 Å². The van der Waals surface area contributed by atoms with Crippen LogP contribution in [0.1, 0.15) is 36.9 Å². The van der Waals surface area contributed by atoms with Crippen molar-refractivity contribution in [3.63, 3.8) is 0 Å². The summed E-state index contributed by atoms with van der Waals surface area (Å²) >= 11 is 0. The van der Waals surface area contributed by atoms with Crippen LogP contribution in [0.4, 0.5) is 4.79 Å². The van der Waals surface area contributed by atoms with Crippen LogP contribution in [0.3, 0.4) is 0 Å². The summed E-state index contributed by atoms with van der Waals surface area (Å²) in [6, 6.07) is 5.29. The first-order valence-corrected chi connectivity index (χ1v) is 7.09. The molecule has 0 radical (unpaired) electrons. The van der Waals surface area contributed by atoms with E-state index in [-0.39, 0.29) is 0 Å². The van der Waals surface area contributed by atoms with Gasteiger partial charge in [-0.3, -0.25) is 10.1 Å². The number of amides is 3. The van der Waals surface area contributed by atoms with E-state index in [2.05, 4.69) is 11.4 Å². The van der Waals surface area contributed by atoms with Crippen LogP contribution in [0.5, 0.6) is 5.75 Å². The molecule has 0 bridgehead atoms. The Hall–Kier alpha value is -2.08. The van der Waals surface area contributed by atoms with Gasteiger partial charge in [0.05, 0.1) is 0 Å². The number of carbonyl (C=O) groups excluding carboxylic acids is 2. The van der Waals surface area contributed by atoms with Gasteiger partial charge < -0.3 is 15.8 Å². The molecule has 0 heterocycles. The minimum Gasteiger partial charge on any atom is -0.481 e. The highest BCUT2D eigenvalue weighted by atomic mass is 16.5. The molecular formula is C15H21N3O3. The Bertz CT molecular complexity index is 545. The Morgan fingerprint density at radius 3 is 2.86 bits per heavy atom. The molecule has 6 heteroatoms. The standard InChI is InChI=1S/C15H21N3O3/c1-9(14(19)18-15(16)20)21-13-8-4-5-10-11(13)6-3-7-12(10)17-2/h4-5,8-9,12,17H,3,6-7H2,1-2H3,(H3,16,18,19,20). The number of rotatable bonds is 4. The van der Waals surface area contributed by atoms with Crippen LogP contribution >= 0.6 is 0 Å². The molecule has 2 unspecified atom stereocenters. The molecule has 1 aromatic carbocycles. The minimum absolute atomic E-state index is 0.312. The summed E-state index contributed by atoms with van der Waals surface area (Å²) in [7, 11) is 1.94. The largest absolute Gasteiger partial charge is 0.481 e. The molecule has 1 aromatic rings. The maximum Gasteiger partial charge on any atom is 0.318 e. The molecule has 1 aliphatic carbocycles.